The summed E-state index contributed by atoms with van der Waals surface area (Å²) in [7, 11) is 1.83. The third-order valence-electron chi connectivity index (χ3n) is 2.93. The Morgan fingerprint density at radius 1 is 1.53 bits per heavy atom. The zero-order valence-corrected chi connectivity index (χ0v) is 10.6. The second-order valence-corrected chi connectivity index (χ2v) is 4.47. The molecule has 2 aromatic rings. The van der Waals surface area contributed by atoms with Gasteiger partial charge in [0.2, 0.25) is 0 Å². The third-order valence-corrected chi connectivity index (χ3v) is 2.93. The molecule has 1 aromatic heterocycles. The van der Waals surface area contributed by atoms with E-state index < -0.39 is 12.1 Å². The van der Waals surface area contributed by atoms with Gasteiger partial charge in [0.1, 0.15) is 5.52 Å². The fourth-order valence-corrected chi connectivity index (χ4v) is 1.88. The van der Waals surface area contributed by atoms with Crippen molar-refractivity contribution in [1.29, 1.82) is 0 Å². The van der Waals surface area contributed by atoms with Crippen LogP contribution in [0.5, 0.6) is 0 Å². The van der Waals surface area contributed by atoms with Crippen molar-refractivity contribution in [2.24, 2.45) is 0 Å². The van der Waals surface area contributed by atoms with Gasteiger partial charge in [-0.25, -0.2) is 4.98 Å². The van der Waals surface area contributed by atoms with Gasteiger partial charge in [-0.15, -0.1) is 0 Å². The highest BCUT2D eigenvalue weighted by Gasteiger charge is 2.11. The van der Waals surface area contributed by atoms with Crippen LogP contribution in [0.4, 0.5) is 5.69 Å². The van der Waals surface area contributed by atoms with Crippen LogP contribution in [-0.2, 0) is 4.79 Å². The molecule has 19 heavy (non-hydrogen) atoms. The Morgan fingerprint density at radius 3 is 3.05 bits per heavy atom. The maximum atomic E-state index is 10.4. The highest BCUT2D eigenvalue weighted by Crippen LogP contribution is 2.20. The molecular weight excluding hydrogens is 248 g/mol. The van der Waals surface area contributed by atoms with Crippen LogP contribution in [0.25, 0.3) is 11.1 Å². The predicted molar refractivity (Wildman–Crippen MR) is 70.2 cm³/mol. The molecule has 6 heteroatoms. The summed E-state index contributed by atoms with van der Waals surface area (Å²) in [4.78, 5) is 16.3. The van der Waals surface area contributed by atoms with E-state index >= 15 is 0 Å². The van der Waals surface area contributed by atoms with Crippen molar-refractivity contribution < 1.29 is 19.4 Å². The number of rotatable bonds is 6. The van der Waals surface area contributed by atoms with Crippen LogP contribution in [0, 0.1) is 0 Å². The lowest BCUT2D eigenvalue weighted by Crippen LogP contribution is -2.29. The molecule has 0 aliphatic heterocycles. The molecular formula is C13H16N2O4. The topological polar surface area (TPSA) is 86.8 Å². The molecule has 0 radical (unpaired) electrons. The zero-order valence-electron chi connectivity index (χ0n) is 10.6. The summed E-state index contributed by atoms with van der Waals surface area (Å²) < 4.78 is 5.21. The second kappa shape index (κ2) is 5.71. The number of carbonyl (C=O) groups is 1. The number of benzene rings is 1. The Kier molecular flexibility index (Phi) is 4.01. The van der Waals surface area contributed by atoms with Gasteiger partial charge in [0.05, 0.1) is 6.10 Å². The molecule has 0 amide bonds. The van der Waals surface area contributed by atoms with Crippen molar-refractivity contribution in [3.63, 3.8) is 0 Å². The summed E-state index contributed by atoms with van der Waals surface area (Å²) in [5.74, 6) is -0.898. The van der Waals surface area contributed by atoms with E-state index in [1.165, 1.54) is 6.39 Å². The quantitative estimate of drug-likeness (QED) is 0.822. The number of hydrogen-bond acceptors (Lipinski definition) is 5. The SMILES string of the molecule is CN(CC(O)CCC(=O)O)c1ccc2ncoc2c1. The minimum atomic E-state index is -0.898. The standard InChI is InChI=1S/C13H16N2O4/c1-15(7-10(16)3-5-13(17)18)9-2-4-11-12(6-9)19-8-14-11/h2,4,6,8,10,16H,3,5,7H2,1H3,(H,17,18). The van der Waals surface area contributed by atoms with Crippen molar-refractivity contribution in [1.82, 2.24) is 4.98 Å². The average molecular weight is 264 g/mol. The van der Waals surface area contributed by atoms with Gasteiger partial charge in [0.15, 0.2) is 12.0 Å². The number of carboxylic acid groups (broad SMARTS) is 1. The Morgan fingerprint density at radius 2 is 2.32 bits per heavy atom. The minimum absolute atomic E-state index is 0.0316. The maximum absolute atomic E-state index is 10.4. The normalized spacial score (nSPS) is 12.5. The monoisotopic (exact) mass is 264 g/mol. The van der Waals surface area contributed by atoms with E-state index in [4.69, 9.17) is 9.52 Å². The number of aliphatic carboxylic acids is 1. The first-order valence-corrected chi connectivity index (χ1v) is 6.00. The highest BCUT2D eigenvalue weighted by molar-refractivity contribution is 5.77. The molecule has 1 atom stereocenters. The molecule has 0 fully saturated rings. The van der Waals surface area contributed by atoms with Gasteiger partial charge in [0, 0.05) is 31.8 Å². The first-order valence-electron chi connectivity index (χ1n) is 6.00. The van der Waals surface area contributed by atoms with Crippen molar-refractivity contribution in [3.05, 3.63) is 24.6 Å². The van der Waals surface area contributed by atoms with E-state index in [2.05, 4.69) is 4.98 Å². The van der Waals surface area contributed by atoms with Crippen LogP contribution in [0.3, 0.4) is 0 Å². The smallest absolute Gasteiger partial charge is 0.303 e. The molecule has 102 valence electrons. The largest absolute Gasteiger partial charge is 0.481 e. The van der Waals surface area contributed by atoms with E-state index in [0.717, 1.165) is 11.2 Å². The number of likely N-dealkylation sites (N-methyl/N-ethyl adjacent to an activating group) is 1. The first kappa shape index (κ1) is 13.4. The number of anilines is 1. The summed E-state index contributed by atoms with van der Waals surface area (Å²) in [5, 5.41) is 18.3. The second-order valence-electron chi connectivity index (χ2n) is 4.47. The molecule has 0 saturated heterocycles. The molecule has 1 unspecified atom stereocenters. The van der Waals surface area contributed by atoms with E-state index in [0.29, 0.717) is 12.1 Å². The van der Waals surface area contributed by atoms with Gasteiger partial charge >= 0.3 is 5.97 Å². The van der Waals surface area contributed by atoms with E-state index in [1.807, 2.05) is 30.1 Å². The fourth-order valence-electron chi connectivity index (χ4n) is 1.88. The van der Waals surface area contributed by atoms with Crippen LogP contribution < -0.4 is 4.90 Å². The van der Waals surface area contributed by atoms with Crippen LogP contribution in [0.1, 0.15) is 12.8 Å². The number of nitrogens with zero attached hydrogens (tertiary/aromatic N) is 2. The number of fused-ring (bicyclic) bond motifs is 1. The number of carboxylic acids is 1. The Balaban J connectivity index is 1.98. The lowest BCUT2D eigenvalue weighted by Gasteiger charge is -2.22. The Labute approximate surface area is 110 Å². The van der Waals surface area contributed by atoms with Gasteiger partial charge in [-0.2, -0.15) is 0 Å². The first-order chi connectivity index (χ1) is 9.06. The summed E-state index contributed by atoms with van der Waals surface area (Å²) in [6.45, 7) is 0.368. The highest BCUT2D eigenvalue weighted by atomic mass is 16.4. The number of aromatic nitrogens is 1. The van der Waals surface area contributed by atoms with Gasteiger partial charge in [-0.05, 0) is 18.6 Å². The zero-order chi connectivity index (χ0) is 13.8. The third kappa shape index (κ3) is 3.45. The number of aliphatic hydroxyl groups is 1. The molecule has 0 saturated carbocycles. The maximum Gasteiger partial charge on any atom is 0.303 e. The van der Waals surface area contributed by atoms with Crippen LogP contribution in [-0.4, -0.2) is 40.9 Å². The average Bonchev–Trinajstić information content (AvgIpc) is 2.83. The Bertz CT molecular complexity index is 567. The predicted octanol–water partition coefficient (Wildman–Crippen LogP) is 1.49. The number of hydrogen-bond donors (Lipinski definition) is 2. The molecule has 6 nitrogen and oxygen atoms in total. The molecule has 0 bridgehead atoms. The minimum Gasteiger partial charge on any atom is -0.481 e. The van der Waals surface area contributed by atoms with Gasteiger partial charge in [0.25, 0.3) is 0 Å². The molecule has 0 spiro atoms. The number of oxazole rings is 1. The van der Waals surface area contributed by atoms with Gasteiger partial charge in [-0.1, -0.05) is 0 Å². The van der Waals surface area contributed by atoms with E-state index in [-0.39, 0.29) is 12.8 Å². The van der Waals surface area contributed by atoms with Crippen LogP contribution in [0.15, 0.2) is 29.0 Å². The molecule has 1 heterocycles. The summed E-state index contributed by atoms with van der Waals surface area (Å²) in [5.41, 5.74) is 2.35. The number of aliphatic hydroxyl groups excluding tert-OH is 1. The van der Waals surface area contributed by atoms with Crippen molar-refractivity contribution in [2.45, 2.75) is 18.9 Å². The molecule has 0 aliphatic rings. The molecule has 1 aromatic carbocycles. The summed E-state index contributed by atoms with van der Waals surface area (Å²) >= 11 is 0. The fraction of sp³-hybridized carbons (Fsp3) is 0.385. The lowest BCUT2D eigenvalue weighted by atomic mass is 10.2. The van der Waals surface area contributed by atoms with E-state index in [9.17, 15) is 9.90 Å². The molecule has 2 N–H and O–H groups in total. The van der Waals surface area contributed by atoms with Crippen LogP contribution >= 0.6 is 0 Å². The Hall–Kier alpha value is -2.08. The lowest BCUT2D eigenvalue weighted by molar-refractivity contribution is -0.137. The molecule has 0 aliphatic carbocycles. The van der Waals surface area contributed by atoms with Crippen molar-refractivity contribution in [3.8, 4) is 0 Å². The van der Waals surface area contributed by atoms with E-state index in [1.54, 1.807) is 0 Å². The summed E-state index contributed by atoms with van der Waals surface area (Å²) in [6.07, 6.45) is 0.919. The summed E-state index contributed by atoms with van der Waals surface area (Å²) in [6, 6.07) is 5.56. The van der Waals surface area contributed by atoms with Crippen molar-refractivity contribution >= 4 is 22.8 Å². The van der Waals surface area contributed by atoms with Gasteiger partial charge < -0.3 is 19.5 Å². The van der Waals surface area contributed by atoms with Crippen molar-refractivity contribution in [2.75, 3.05) is 18.5 Å². The van der Waals surface area contributed by atoms with Crippen LogP contribution in [0.2, 0.25) is 0 Å². The molecule has 2 rings (SSSR count). The van der Waals surface area contributed by atoms with Gasteiger partial charge in [-0.3, -0.25) is 4.79 Å².